The highest BCUT2D eigenvalue weighted by molar-refractivity contribution is 7.48. The van der Waals surface area contributed by atoms with Crippen molar-refractivity contribution in [3.63, 3.8) is 0 Å². The van der Waals surface area contributed by atoms with Crippen LogP contribution in [-0.4, -0.2) is 62.7 Å². The van der Waals surface area contributed by atoms with E-state index in [1.165, 1.54) is 17.8 Å². The van der Waals surface area contributed by atoms with Crippen molar-refractivity contribution < 1.29 is 36.8 Å². The van der Waals surface area contributed by atoms with Gasteiger partial charge < -0.3 is 15.2 Å². The fourth-order valence-electron chi connectivity index (χ4n) is 3.74. The maximum Gasteiger partial charge on any atom is 0.475 e. The fourth-order valence-corrected chi connectivity index (χ4v) is 5.24. The van der Waals surface area contributed by atoms with Crippen molar-refractivity contribution >= 4 is 30.9 Å². The molecule has 15 heteroatoms. The van der Waals surface area contributed by atoms with E-state index in [-0.39, 0.29) is 49.3 Å². The van der Waals surface area contributed by atoms with Crippen LogP contribution in [-0.2, 0) is 32.4 Å². The molecule has 0 aromatic carbocycles. The number of phosphoric acid groups is 1. The van der Waals surface area contributed by atoms with Gasteiger partial charge in [0, 0.05) is 6.42 Å². The minimum absolute atomic E-state index is 0.0254. The first-order valence-corrected chi connectivity index (χ1v) is 11.8. The minimum atomic E-state index is -4.11. The van der Waals surface area contributed by atoms with Crippen LogP contribution in [0.25, 0.3) is 11.2 Å². The Morgan fingerprint density at radius 1 is 1.52 bits per heavy atom. The number of nitrogens with two attached hydrogens (primary N) is 1. The van der Waals surface area contributed by atoms with Gasteiger partial charge in [0.1, 0.15) is 12.2 Å². The van der Waals surface area contributed by atoms with Gasteiger partial charge in [0.05, 0.1) is 25.6 Å². The first kappa shape index (κ1) is 23.8. The molecule has 0 bridgehead atoms. The Kier molecular flexibility index (Phi) is 6.31. The number of hydrogen-bond acceptors (Lipinski definition) is 11. The summed E-state index contributed by atoms with van der Waals surface area (Å²) in [5.41, 5.74) is 2.78. The summed E-state index contributed by atoms with van der Waals surface area (Å²) in [7, 11) is -4.11. The van der Waals surface area contributed by atoms with Gasteiger partial charge in [0.25, 0.3) is 5.56 Å². The third-order valence-corrected chi connectivity index (χ3v) is 6.61. The number of alkyl halides is 1. The number of rotatable bonds is 7. The molecule has 2 aromatic rings. The number of aromatic amines is 1. The molecule has 2 aliphatic rings. The Morgan fingerprint density at radius 3 is 3.00 bits per heavy atom. The third-order valence-electron chi connectivity index (χ3n) is 5.17. The SMILES string of the molecule is CC(C)OC(=O)CCCOP1(=O)OC[C@H]2O[C@@H](n3cnc4c(=O)[nH]c(N)nc43)[C@](C)(F)[C@@H]2O1. The van der Waals surface area contributed by atoms with Crippen LogP contribution >= 0.6 is 7.82 Å². The quantitative estimate of drug-likeness (QED) is 0.329. The number of fused-ring (bicyclic) bond motifs is 2. The summed E-state index contributed by atoms with van der Waals surface area (Å²) >= 11 is 0. The second-order valence-electron chi connectivity index (χ2n) is 8.20. The summed E-state index contributed by atoms with van der Waals surface area (Å²) in [6.45, 7) is 4.30. The van der Waals surface area contributed by atoms with Crippen LogP contribution in [0.3, 0.4) is 0 Å². The summed E-state index contributed by atoms with van der Waals surface area (Å²) < 4.78 is 56.7. The molecule has 0 amide bonds. The number of carbonyl (C=O) groups excluding carboxylic acids is 1. The van der Waals surface area contributed by atoms with Gasteiger partial charge in [-0.25, -0.2) is 13.9 Å². The van der Waals surface area contributed by atoms with E-state index in [4.69, 9.17) is 28.8 Å². The zero-order valence-corrected chi connectivity index (χ0v) is 19.1. The number of nitrogens with zero attached hydrogens (tertiary/aromatic N) is 3. The van der Waals surface area contributed by atoms with Gasteiger partial charge in [-0.15, -0.1) is 0 Å². The van der Waals surface area contributed by atoms with Gasteiger partial charge >= 0.3 is 13.8 Å². The number of phosphoric ester groups is 1. The standard InChI is InChI=1S/C18H25FN5O8P/c1-9(2)30-11(25)5-4-6-28-33(27)29-7-10-13(32-33)18(3,19)16(31-10)24-8-21-12-14(24)22-17(20)23-15(12)26/h8-10,13,16H,4-7H2,1-3H3,(H3,20,22,23,26)/t10-,13-,16-,18-,33?/m1/s1. The molecule has 2 aromatic heterocycles. The molecule has 5 atom stereocenters. The van der Waals surface area contributed by atoms with Crippen molar-refractivity contribution in [2.45, 2.75) is 63.8 Å². The molecule has 2 saturated heterocycles. The maximum atomic E-state index is 15.9. The van der Waals surface area contributed by atoms with Crippen LogP contribution in [0.5, 0.6) is 0 Å². The molecular formula is C18H25FN5O8P. The number of halogens is 1. The van der Waals surface area contributed by atoms with Gasteiger partial charge in [-0.3, -0.25) is 32.7 Å². The average Bonchev–Trinajstić information content (AvgIpc) is 3.23. The Hall–Kier alpha value is -2.38. The molecule has 13 nitrogen and oxygen atoms in total. The normalized spacial score (nSPS) is 31.7. The van der Waals surface area contributed by atoms with Gasteiger partial charge in [0.15, 0.2) is 23.1 Å². The lowest BCUT2D eigenvalue weighted by molar-refractivity contribution is -0.147. The maximum absolute atomic E-state index is 15.9. The predicted octanol–water partition coefficient (Wildman–Crippen LogP) is 1.60. The number of H-pyrrole nitrogens is 1. The van der Waals surface area contributed by atoms with E-state index in [9.17, 15) is 14.2 Å². The molecule has 1 unspecified atom stereocenters. The Labute approximate surface area is 187 Å². The lowest BCUT2D eigenvalue weighted by Gasteiger charge is -2.33. The Morgan fingerprint density at radius 2 is 2.27 bits per heavy atom. The molecule has 0 aliphatic carbocycles. The highest BCUT2D eigenvalue weighted by Crippen LogP contribution is 2.59. The summed E-state index contributed by atoms with van der Waals surface area (Å²) in [6.07, 6.45) is -2.29. The lowest BCUT2D eigenvalue weighted by atomic mass is 9.98. The molecular weight excluding hydrogens is 464 g/mol. The number of nitrogen functional groups attached to an aromatic ring is 1. The van der Waals surface area contributed by atoms with Crippen molar-refractivity contribution in [3.8, 4) is 0 Å². The van der Waals surface area contributed by atoms with E-state index < -0.39 is 43.5 Å². The molecule has 2 aliphatic heterocycles. The smallest absolute Gasteiger partial charge is 0.463 e. The number of imidazole rings is 1. The largest absolute Gasteiger partial charge is 0.475 e. The minimum Gasteiger partial charge on any atom is -0.463 e. The number of ether oxygens (including phenoxy) is 2. The van der Waals surface area contributed by atoms with Crippen LogP contribution < -0.4 is 11.3 Å². The Balaban J connectivity index is 1.45. The number of nitrogens with one attached hydrogen (secondary N) is 1. The van der Waals surface area contributed by atoms with E-state index in [2.05, 4.69) is 15.0 Å². The third kappa shape index (κ3) is 4.66. The topological polar surface area (TPSA) is 170 Å². The number of hydrogen-bond donors (Lipinski definition) is 2. The van der Waals surface area contributed by atoms with Crippen molar-refractivity contribution in [1.29, 1.82) is 0 Å². The summed E-state index contributed by atoms with van der Waals surface area (Å²) in [5, 5.41) is 0. The first-order valence-electron chi connectivity index (χ1n) is 10.3. The molecule has 33 heavy (non-hydrogen) atoms. The van der Waals surface area contributed by atoms with Crippen molar-refractivity contribution in [2.75, 3.05) is 18.9 Å². The lowest BCUT2D eigenvalue weighted by Crippen LogP contribution is -2.44. The monoisotopic (exact) mass is 489 g/mol. The number of carbonyl (C=O) groups is 1. The highest BCUT2D eigenvalue weighted by Gasteiger charge is 2.61. The molecule has 182 valence electrons. The van der Waals surface area contributed by atoms with Crippen molar-refractivity contribution in [3.05, 3.63) is 16.7 Å². The first-order chi connectivity index (χ1) is 15.5. The van der Waals surface area contributed by atoms with Gasteiger partial charge in [-0.1, -0.05) is 0 Å². The number of anilines is 1. The van der Waals surface area contributed by atoms with Crippen LogP contribution in [0.15, 0.2) is 11.1 Å². The number of aromatic nitrogens is 4. The molecule has 4 rings (SSSR count). The summed E-state index contributed by atoms with van der Waals surface area (Å²) in [6, 6.07) is 0. The molecule has 0 spiro atoms. The predicted molar refractivity (Wildman–Crippen MR) is 111 cm³/mol. The van der Waals surface area contributed by atoms with Crippen LogP contribution in [0.4, 0.5) is 10.3 Å². The molecule has 4 heterocycles. The average molecular weight is 489 g/mol. The molecule has 0 radical (unpaired) electrons. The van der Waals surface area contributed by atoms with Crippen molar-refractivity contribution in [2.24, 2.45) is 0 Å². The number of esters is 1. The van der Waals surface area contributed by atoms with E-state index in [1.807, 2.05) is 0 Å². The van der Waals surface area contributed by atoms with Crippen molar-refractivity contribution in [1.82, 2.24) is 19.5 Å². The highest BCUT2D eigenvalue weighted by atomic mass is 31.2. The zero-order chi connectivity index (χ0) is 24.0. The summed E-state index contributed by atoms with van der Waals surface area (Å²) in [4.78, 5) is 33.9. The zero-order valence-electron chi connectivity index (χ0n) is 18.2. The van der Waals surface area contributed by atoms with Gasteiger partial charge in [-0.2, -0.15) is 4.98 Å². The van der Waals surface area contributed by atoms with E-state index >= 15 is 4.39 Å². The van der Waals surface area contributed by atoms with Crippen LogP contribution in [0, 0.1) is 0 Å². The van der Waals surface area contributed by atoms with E-state index in [0.29, 0.717) is 0 Å². The molecule has 3 N–H and O–H groups in total. The Bertz CT molecular complexity index is 1150. The fraction of sp³-hybridized carbons (Fsp3) is 0.667. The van der Waals surface area contributed by atoms with E-state index in [0.717, 1.165) is 0 Å². The second-order valence-corrected chi connectivity index (χ2v) is 9.82. The van der Waals surface area contributed by atoms with Crippen LogP contribution in [0.2, 0.25) is 0 Å². The second kappa shape index (κ2) is 8.76. The van der Waals surface area contributed by atoms with Gasteiger partial charge in [-0.05, 0) is 27.2 Å². The van der Waals surface area contributed by atoms with Gasteiger partial charge in [0.2, 0.25) is 5.95 Å². The van der Waals surface area contributed by atoms with E-state index in [1.54, 1.807) is 13.8 Å². The summed E-state index contributed by atoms with van der Waals surface area (Å²) in [5.74, 6) is -0.582. The molecule has 2 fully saturated rings. The van der Waals surface area contributed by atoms with Crippen LogP contribution in [0.1, 0.15) is 39.8 Å². The molecule has 0 saturated carbocycles.